The minimum absolute atomic E-state index is 0.139. The first kappa shape index (κ1) is 34.5. The van der Waals surface area contributed by atoms with Crippen molar-refractivity contribution in [3.8, 4) is 0 Å². The molecule has 0 spiro atoms. The van der Waals surface area contributed by atoms with Crippen LogP contribution in [-0.4, -0.2) is 23.1 Å². The Hall–Kier alpha value is -1.58. The fourth-order valence-corrected chi connectivity index (χ4v) is 15.6. The molecule has 4 nitrogen and oxygen atoms in total. The standard InChI is InChI=1S/C45H68O4/c1-8-38(46)48-44(34-19-30-20-35(44)26-42(7,23-30)25-34)33-11-15-41(6,16-12-33)17-18-43-24-31-21-36(27-43)45(37(22-31)28-43,49-39(47)29(2)3)32-9-13-40(4,5)14-10-32/h8,30-37H,1-2,9-28H2,3-7H3. The van der Waals surface area contributed by atoms with Gasteiger partial charge in [0, 0.05) is 35.3 Å². The molecule has 4 heteroatoms. The fourth-order valence-electron chi connectivity index (χ4n) is 15.6. The molecule has 4 unspecified atom stereocenters. The van der Waals surface area contributed by atoms with Crippen molar-refractivity contribution in [2.45, 2.75) is 174 Å². The summed E-state index contributed by atoms with van der Waals surface area (Å²) in [5, 5.41) is 0. The molecule has 10 saturated carbocycles. The molecule has 10 rings (SSSR count). The van der Waals surface area contributed by atoms with Crippen molar-refractivity contribution >= 4 is 11.9 Å². The number of carbonyl (C=O) groups excluding carboxylic acids is 2. The minimum Gasteiger partial charge on any atom is -0.455 e. The molecular formula is C45H68O4. The predicted octanol–water partition coefficient (Wildman–Crippen LogP) is 11.2. The van der Waals surface area contributed by atoms with E-state index >= 15 is 0 Å². The largest absolute Gasteiger partial charge is 0.455 e. The van der Waals surface area contributed by atoms with Crippen LogP contribution in [-0.2, 0) is 19.1 Å². The van der Waals surface area contributed by atoms with E-state index in [2.05, 4.69) is 40.9 Å². The Bertz CT molecular complexity index is 1320. The van der Waals surface area contributed by atoms with Crippen LogP contribution in [0, 0.1) is 69.0 Å². The molecule has 49 heavy (non-hydrogen) atoms. The third-order valence-electron chi connectivity index (χ3n) is 17.5. The average Bonchev–Trinajstić information content (AvgIpc) is 3.03. The van der Waals surface area contributed by atoms with Crippen molar-refractivity contribution in [2.24, 2.45) is 69.0 Å². The summed E-state index contributed by atoms with van der Waals surface area (Å²) >= 11 is 0. The topological polar surface area (TPSA) is 52.6 Å². The molecule has 0 radical (unpaired) electrons. The SMILES string of the molecule is C=CC(=O)OC1(C2CCC(C)(CCC34CC5CC(C3)C(OC(=O)C(=C)C)(C3CCC(C)(C)CC3)C(C5)C4)CC2)C2CC3CC1CC(C)(C3)C2. The van der Waals surface area contributed by atoms with Crippen LogP contribution in [0.3, 0.4) is 0 Å². The molecule has 0 heterocycles. The van der Waals surface area contributed by atoms with E-state index in [0.717, 1.165) is 11.8 Å². The molecule has 10 aliphatic rings. The summed E-state index contributed by atoms with van der Waals surface area (Å²) in [5.41, 5.74) is 1.66. The Balaban J connectivity index is 0.969. The molecule has 10 aliphatic carbocycles. The zero-order chi connectivity index (χ0) is 34.6. The molecule has 0 saturated heterocycles. The third kappa shape index (κ3) is 5.64. The van der Waals surface area contributed by atoms with Crippen LogP contribution in [0.2, 0.25) is 0 Å². The molecule has 4 atom stereocenters. The van der Waals surface area contributed by atoms with Gasteiger partial charge in [0.2, 0.25) is 0 Å². The second-order valence-electron chi connectivity index (χ2n) is 21.5. The highest BCUT2D eigenvalue weighted by Crippen LogP contribution is 2.71. The maximum absolute atomic E-state index is 13.3. The first-order valence-corrected chi connectivity index (χ1v) is 20.8. The van der Waals surface area contributed by atoms with Crippen LogP contribution in [0.25, 0.3) is 0 Å². The molecule has 0 aromatic carbocycles. The number of rotatable bonds is 9. The van der Waals surface area contributed by atoms with E-state index in [1.54, 1.807) is 0 Å². The van der Waals surface area contributed by atoms with Gasteiger partial charge in [-0.1, -0.05) is 40.9 Å². The van der Waals surface area contributed by atoms with Crippen molar-refractivity contribution in [1.29, 1.82) is 0 Å². The van der Waals surface area contributed by atoms with Crippen molar-refractivity contribution in [1.82, 2.24) is 0 Å². The van der Waals surface area contributed by atoms with Crippen LogP contribution in [0.1, 0.15) is 163 Å². The van der Waals surface area contributed by atoms with Gasteiger partial charge in [-0.05, 0) is 181 Å². The van der Waals surface area contributed by atoms with Gasteiger partial charge in [0.05, 0.1) is 0 Å². The molecule has 10 fully saturated rings. The van der Waals surface area contributed by atoms with E-state index < -0.39 is 0 Å². The Morgan fingerprint density at radius 2 is 1.14 bits per heavy atom. The zero-order valence-electron chi connectivity index (χ0n) is 31.9. The number of carbonyl (C=O) groups is 2. The smallest absolute Gasteiger partial charge is 0.333 e. The Morgan fingerprint density at radius 1 is 0.653 bits per heavy atom. The lowest BCUT2D eigenvalue weighted by molar-refractivity contribution is -0.249. The summed E-state index contributed by atoms with van der Waals surface area (Å²) in [4.78, 5) is 26.3. The lowest BCUT2D eigenvalue weighted by Gasteiger charge is -2.67. The highest BCUT2D eigenvalue weighted by molar-refractivity contribution is 5.87. The highest BCUT2D eigenvalue weighted by atomic mass is 16.6. The first-order chi connectivity index (χ1) is 23.1. The third-order valence-corrected chi connectivity index (χ3v) is 17.5. The quantitative estimate of drug-likeness (QED) is 0.181. The number of hydrogen-bond acceptors (Lipinski definition) is 4. The van der Waals surface area contributed by atoms with Gasteiger partial charge >= 0.3 is 11.9 Å². The summed E-state index contributed by atoms with van der Waals surface area (Å²) < 4.78 is 13.5. The van der Waals surface area contributed by atoms with Gasteiger partial charge < -0.3 is 9.47 Å². The number of ether oxygens (including phenoxy) is 2. The molecule has 0 aliphatic heterocycles. The van der Waals surface area contributed by atoms with Gasteiger partial charge in [-0.25, -0.2) is 9.59 Å². The number of esters is 2. The minimum atomic E-state index is -0.276. The molecule has 0 aromatic rings. The molecule has 0 amide bonds. The lowest BCUT2D eigenvalue weighted by Crippen LogP contribution is -2.66. The van der Waals surface area contributed by atoms with E-state index in [0.29, 0.717) is 62.7 Å². The van der Waals surface area contributed by atoms with Crippen LogP contribution in [0.5, 0.6) is 0 Å². The summed E-state index contributed by atoms with van der Waals surface area (Å²) in [6, 6.07) is 0. The van der Waals surface area contributed by atoms with Gasteiger partial charge in [0.25, 0.3) is 0 Å². The van der Waals surface area contributed by atoms with Gasteiger partial charge in [0.15, 0.2) is 0 Å². The van der Waals surface area contributed by atoms with Gasteiger partial charge in [-0.2, -0.15) is 0 Å². The van der Waals surface area contributed by atoms with Crippen LogP contribution < -0.4 is 0 Å². The van der Waals surface area contributed by atoms with Crippen molar-refractivity contribution in [3.05, 3.63) is 24.8 Å². The van der Waals surface area contributed by atoms with Gasteiger partial charge in [-0.3, -0.25) is 0 Å². The fraction of sp³-hybridized carbons (Fsp3) is 0.867. The van der Waals surface area contributed by atoms with Crippen LogP contribution in [0.4, 0.5) is 0 Å². The second kappa shape index (κ2) is 11.7. The van der Waals surface area contributed by atoms with Crippen LogP contribution in [0.15, 0.2) is 24.8 Å². The van der Waals surface area contributed by atoms with E-state index in [1.165, 1.54) is 134 Å². The Morgan fingerprint density at radius 3 is 1.65 bits per heavy atom. The van der Waals surface area contributed by atoms with Gasteiger partial charge in [-0.15, -0.1) is 0 Å². The monoisotopic (exact) mass is 673 g/mol. The van der Waals surface area contributed by atoms with E-state index in [1.807, 2.05) is 6.92 Å². The number of hydrogen-bond donors (Lipinski definition) is 0. The molecule has 272 valence electrons. The maximum Gasteiger partial charge on any atom is 0.333 e. The lowest BCUT2D eigenvalue weighted by atomic mass is 9.40. The summed E-state index contributed by atoms with van der Waals surface area (Å²) in [7, 11) is 0. The van der Waals surface area contributed by atoms with Crippen molar-refractivity contribution in [3.63, 3.8) is 0 Å². The Kier molecular flexibility index (Phi) is 8.25. The zero-order valence-corrected chi connectivity index (χ0v) is 31.9. The summed E-state index contributed by atoms with van der Waals surface area (Å²) in [6.07, 6.45) is 26.7. The van der Waals surface area contributed by atoms with E-state index in [9.17, 15) is 9.59 Å². The molecule has 0 aromatic heterocycles. The average molecular weight is 673 g/mol. The maximum atomic E-state index is 13.3. The molecule has 8 bridgehead atoms. The molecular weight excluding hydrogens is 604 g/mol. The van der Waals surface area contributed by atoms with Crippen molar-refractivity contribution in [2.75, 3.05) is 0 Å². The predicted molar refractivity (Wildman–Crippen MR) is 195 cm³/mol. The van der Waals surface area contributed by atoms with Gasteiger partial charge in [0.1, 0.15) is 11.2 Å². The van der Waals surface area contributed by atoms with Crippen LogP contribution >= 0.6 is 0 Å². The molecule has 0 N–H and O–H groups in total. The Labute approximate surface area is 298 Å². The van der Waals surface area contributed by atoms with E-state index in [-0.39, 0.29) is 23.1 Å². The highest BCUT2D eigenvalue weighted by Gasteiger charge is 2.68. The summed E-state index contributed by atoms with van der Waals surface area (Å²) in [6.45, 7) is 19.6. The second-order valence-corrected chi connectivity index (χ2v) is 21.5. The summed E-state index contributed by atoms with van der Waals surface area (Å²) in [5.74, 6) is 4.38. The van der Waals surface area contributed by atoms with E-state index in [4.69, 9.17) is 9.47 Å². The normalized spacial score (nSPS) is 49.4. The van der Waals surface area contributed by atoms with Crippen molar-refractivity contribution < 1.29 is 19.1 Å². The first-order valence-electron chi connectivity index (χ1n) is 20.8.